The number of carbonyl (C=O) groups excluding carboxylic acids is 1. The number of aromatic nitrogens is 2. The van der Waals surface area contributed by atoms with E-state index in [1.807, 2.05) is 6.07 Å². The topological polar surface area (TPSA) is 104 Å². The van der Waals surface area contributed by atoms with Gasteiger partial charge in [0.05, 0.1) is 0 Å². The van der Waals surface area contributed by atoms with E-state index in [4.69, 9.17) is 4.74 Å². The fourth-order valence-electron chi connectivity index (χ4n) is 5.23. The molecule has 4 aliphatic rings. The zero-order valence-electron chi connectivity index (χ0n) is 20.3. The average molecular weight is 593 g/mol. The number of anilines is 1. The summed E-state index contributed by atoms with van der Waals surface area (Å²) < 4.78 is 50.1. The van der Waals surface area contributed by atoms with Crippen LogP contribution < -0.4 is 15.1 Å². The molecule has 2 unspecified atom stereocenters. The minimum atomic E-state index is -4.77. The first-order valence-corrected chi connectivity index (χ1v) is 14.0. The van der Waals surface area contributed by atoms with Gasteiger partial charge < -0.3 is 0 Å². The third-order valence-corrected chi connectivity index (χ3v) is 9.48. The summed E-state index contributed by atoms with van der Waals surface area (Å²) in [6.45, 7) is 2.50. The Bertz CT molecular complexity index is 1370. The van der Waals surface area contributed by atoms with E-state index in [-0.39, 0.29) is 29.6 Å². The first-order valence-electron chi connectivity index (χ1n) is 12.4. The van der Waals surface area contributed by atoms with Crippen molar-refractivity contribution in [2.45, 2.75) is 43.1 Å². The van der Waals surface area contributed by atoms with Crippen LogP contribution in [0, 0.1) is 35.0 Å². The Balaban J connectivity index is 1.22. The van der Waals surface area contributed by atoms with Crippen LogP contribution in [-0.4, -0.2) is 86.0 Å². The maximum atomic E-state index is 12.9. The van der Waals surface area contributed by atoms with Gasteiger partial charge in [-0.25, -0.2) is 0 Å². The summed E-state index contributed by atoms with van der Waals surface area (Å²) in [5.41, 5.74) is 0.0132. The Morgan fingerprint density at radius 3 is 2.82 bits per heavy atom. The number of nitriles is 1. The summed E-state index contributed by atoms with van der Waals surface area (Å²) in [5, 5.41) is 20.5. The van der Waals surface area contributed by atoms with Crippen molar-refractivity contribution in [2.75, 3.05) is 38.2 Å². The van der Waals surface area contributed by atoms with E-state index in [1.54, 1.807) is 16.6 Å². The molecule has 200 valence electrons. The van der Waals surface area contributed by atoms with Crippen LogP contribution in [0.3, 0.4) is 0 Å². The third kappa shape index (κ3) is 4.86. The zero-order chi connectivity index (χ0) is 26.5. The van der Waals surface area contributed by atoms with Crippen LogP contribution in [0.15, 0.2) is 18.2 Å². The Kier molecular flexibility index (Phi) is 6.33. The predicted molar refractivity (Wildman–Crippen MR) is 130 cm³/mol. The second-order valence-corrected chi connectivity index (χ2v) is 11.9. The molecule has 9 nitrogen and oxygen atoms in total. The van der Waals surface area contributed by atoms with Gasteiger partial charge in [-0.05, 0) is 0 Å². The van der Waals surface area contributed by atoms with E-state index in [0.29, 0.717) is 34.9 Å². The third-order valence-electron chi connectivity index (χ3n) is 7.71. The number of pyridine rings is 1. The first kappa shape index (κ1) is 25.5. The van der Waals surface area contributed by atoms with E-state index in [9.17, 15) is 23.2 Å². The van der Waals surface area contributed by atoms with Crippen molar-refractivity contribution < 1.29 is 26.5 Å². The molecule has 0 aromatic carbocycles. The van der Waals surface area contributed by atoms with Crippen LogP contribution in [0.4, 0.5) is 19.0 Å². The molecule has 2 N–H and O–H groups in total. The first-order chi connectivity index (χ1) is 18.2. The molecule has 2 aliphatic heterocycles. The van der Waals surface area contributed by atoms with Crippen LogP contribution in [0.1, 0.15) is 31.4 Å². The van der Waals surface area contributed by atoms with E-state index in [0.717, 1.165) is 38.8 Å². The molecule has 2 aliphatic carbocycles. The number of likely N-dealkylation sites (tertiary alicyclic amines) is 1. The molecule has 0 bridgehead atoms. The van der Waals surface area contributed by atoms with E-state index < -0.39 is 27.2 Å². The number of piperidine rings is 1. The van der Waals surface area contributed by atoms with Crippen molar-refractivity contribution in [1.82, 2.24) is 19.8 Å². The van der Waals surface area contributed by atoms with Crippen LogP contribution in [0.5, 0.6) is 0 Å². The molecule has 0 radical (unpaired) electrons. The van der Waals surface area contributed by atoms with Crippen molar-refractivity contribution in [1.29, 1.82) is 5.26 Å². The summed E-state index contributed by atoms with van der Waals surface area (Å²) in [6.07, 6.45) is -1.26. The molecular formula is C25H25F3N6O3Se. The monoisotopic (exact) mass is 594 g/mol. The van der Waals surface area contributed by atoms with Gasteiger partial charge in [-0.1, -0.05) is 0 Å². The van der Waals surface area contributed by atoms with Crippen molar-refractivity contribution in [3.05, 3.63) is 23.9 Å². The second kappa shape index (κ2) is 9.44. The summed E-state index contributed by atoms with van der Waals surface area (Å²) in [5.74, 6) is 6.66. The van der Waals surface area contributed by atoms with Gasteiger partial charge in [-0.2, -0.15) is 0 Å². The fourth-order valence-corrected chi connectivity index (χ4v) is 6.47. The standard InChI is InChI=1S/C25H25F3N6O3Se/c26-25(27,28)37-38-21-18(3-2-9-30-22(35)16-6-7-16)32-34-19(21)4-1-5-20(34)31-24-8-10-33(12-17(24)11-24)23(13-29)14-36-15-23/h1,4-5,16-17,31H,6-12,14-15H2,(H,30,35). The van der Waals surface area contributed by atoms with Crippen LogP contribution in [-0.2, 0) is 13.4 Å². The van der Waals surface area contributed by atoms with Gasteiger partial charge in [0.15, 0.2) is 0 Å². The molecule has 2 saturated heterocycles. The Labute approximate surface area is 223 Å². The van der Waals surface area contributed by atoms with Crippen molar-refractivity contribution in [2.24, 2.45) is 11.8 Å². The molecule has 2 aromatic rings. The molecule has 13 heteroatoms. The Hall–Kier alpha value is -2.80. The molecule has 38 heavy (non-hydrogen) atoms. The number of nitrogens with one attached hydrogen (secondary N) is 2. The summed E-state index contributed by atoms with van der Waals surface area (Å²) in [4.78, 5) is 14.1. The molecule has 6 rings (SSSR count). The molecule has 4 heterocycles. The SMILES string of the molecule is N#CC1(N2CCC3(Nc4cccc5c([Se]OC(F)(F)F)c(C#CCNC(=O)C6CC6)nn45)CC3C2)COC1. The summed E-state index contributed by atoms with van der Waals surface area (Å²) in [7, 11) is 0. The molecule has 1 amide bonds. The number of nitrogens with zero attached hydrogens (tertiary/aromatic N) is 4. The zero-order valence-corrected chi connectivity index (χ0v) is 22.0. The molecule has 2 aromatic heterocycles. The number of carbonyl (C=O) groups is 1. The van der Waals surface area contributed by atoms with Gasteiger partial charge in [0.2, 0.25) is 0 Å². The van der Waals surface area contributed by atoms with Gasteiger partial charge in [0.25, 0.3) is 0 Å². The van der Waals surface area contributed by atoms with Gasteiger partial charge in [-0.15, -0.1) is 0 Å². The average Bonchev–Trinajstić information content (AvgIpc) is 3.76. The molecule has 4 fully saturated rings. The van der Waals surface area contributed by atoms with Crippen LogP contribution in [0.2, 0.25) is 0 Å². The van der Waals surface area contributed by atoms with E-state index >= 15 is 0 Å². The van der Waals surface area contributed by atoms with Crippen molar-refractivity contribution >= 4 is 37.0 Å². The molecule has 2 saturated carbocycles. The summed E-state index contributed by atoms with van der Waals surface area (Å²) >= 11 is -1.40. The molecule has 0 spiro atoms. The number of hydrogen-bond acceptors (Lipinski definition) is 7. The van der Waals surface area contributed by atoms with Gasteiger partial charge in [-0.3, -0.25) is 0 Å². The fraction of sp³-hybridized carbons (Fsp3) is 0.560. The second-order valence-electron chi connectivity index (χ2n) is 10.3. The normalized spacial score (nSPS) is 25.9. The molecular weight excluding hydrogens is 568 g/mol. The number of halogens is 3. The van der Waals surface area contributed by atoms with Crippen molar-refractivity contribution in [3.8, 4) is 17.9 Å². The van der Waals surface area contributed by atoms with E-state index in [1.165, 1.54) is 0 Å². The van der Waals surface area contributed by atoms with Gasteiger partial charge in [0, 0.05) is 0 Å². The number of rotatable bonds is 7. The number of ether oxygens (including phenoxy) is 1. The quantitative estimate of drug-likeness (QED) is 0.367. The number of hydrogen-bond donors (Lipinski definition) is 2. The Morgan fingerprint density at radius 1 is 1.34 bits per heavy atom. The summed E-state index contributed by atoms with van der Waals surface area (Å²) in [6, 6.07) is 7.74. The minimum absolute atomic E-state index is 0.0460. The number of amides is 1. The van der Waals surface area contributed by atoms with Gasteiger partial charge >= 0.3 is 224 Å². The van der Waals surface area contributed by atoms with E-state index in [2.05, 4.69) is 42.4 Å². The molecule has 2 atom stereocenters. The van der Waals surface area contributed by atoms with Crippen molar-refractivity contribution in [3.63, 3.8) is 0 Å². The number of fused-ring (bicyclic) bond motifs is 2. The Morgan fingerprint density at radius 2 is 2.16 bits per heavy atom. The van der Waals surface area contributed by atoms with Crippen LogP contribution in [0.25, 0.3) is 5.52 Å². The predicted octanol–water partition coefficient (Wildman–Crippen LogP) is 1.16. The van der Waals surface area contributed by atoms with Crippen LogP contribution >= 0.6 is 0 Å². The maximum absolute atomic E-state index is 12.9. The van der Waals surface area contributed by atoms with Gasteiger partial charge in [0.1, 0.15) is 0 Å². The number of alkyl halides is 3.